The summed E-state index contributed by atoms with van der Waals surface area (Å²) in [5.74, 6) is -0.199. The van der Waals surface area contributed by atoms with E-state index in [4.69, 9.17) is 0 Å². The van der Waals surface area contributed by atoms with Crippen LogP contribution in [0.15, 0.2) is 76.8 Å². The number of nitrogens with one attached hydrogen (secondary N) is 1. The molecule has 1 fully saturated rings. The van der Waals surface area contributed by atoms with Crippen LogP contribution in [0.3, 0.4) is 0 Å². The van der Waals surface area contributed by atoms with E-state index in [1.165, 1.54) is 5.69 Å². The number of pyridine rings is 2. The summed E-state index contributed by atoms with van der Waals surface area (Å²) in [7, 11) is 2.14. The van der Waals surface area contributed by atoms with Crippen molar-refractivity contribution in [3.05, 3.63) is 94.0 Å². The molecule has 3 heterocycles. The molecule has 5 rings (SSSR count). The van der Waals surface area contributed by atoms with E-state index in [-0.39, 0.29) is 11.4 Å². The lowest BCUT2D eigenvalue weighted by atomic mass is 10.0. The summed E-state index contributed by atoms with van der Waals surface area (Å²) in [4.78, 5) is 28.3. The number of hydrogen-bond donors (Lipinski definition) is 2. The predicted molar refractivity (Wildman–Crippen MR) is 143 cm³/mol. The Kier molecular flexibility index (Phi) is 6.41. The number of anilines is 1. The molecule has 0 unspecified atom stereocenters. The topological polar surface area (TPSA) is 84.8 Å². The summed E-state index contributed by atoms with van der Waals surface area (Å²) in [6, 6.07) is 17.5. The number of rotatable bonds is 5. The van der Waals surface area contributed by atoms with Gasteiger partial charge in [0.15, 0.2) is 0 Å². The number of aliphatic imine (C=N–C) groups is 1. The number of aromatic hydroxyl groups is 1. The number of piperazine rings is 1. The average molecular weight is 466 g/mol. The zero-order chi connectivity index (χ0) is 24.2. The molecular formula is C28H27N5O2. The van der Waals surface area contributed by atoms with Crippen LogP contribution < -0.4 is 10.5 Å². The zero-order valence-corrected chi connectivity index (χ0v) is 19.6. The van der Waals surface area contributed by atoms with Crippen LogP contribution in [0.5, 0.6) is 5.88 Å². The van der Waals surface area contributed by atoms with E-state index >= 15 is 0 Å². The third-order valence-electron chi connectivity index (χ3n) is 6.30. The molecule has 1 saturated heterocycles. The van der Waals surface area contributed by atoms with E-state index in [0.29, 0.717) is 16.3 Å². The van der Waals surface area contributed by atoms with Crippen LogP contribution >= 0.6 is 0 Å². The summed E-state index contributed by atoms with van der Waals surface area (Å²) < 4.78 is 0. The van der Waals surface area contributed by atoms with Crippen LogP contribution in [0.25, 0.3) is 22.9 Å². The van der Waals surface area contributed by atoms with Crippen molar-refractivity contribution in [2.24, 2.45) is 4.99 Å². The van der Waals surface area contributed by atoms with Gasteiger partial charge in [-0.2, -0.15) is 0 Å². The molecule has 1 aliphatic heterocycles. The number of aromatic nitrogens is 2. The fraction of sp³-hybridized carbons (Fsp3) is 0.179. The van der Waals surface area contributed by atoms with Crippen molar-refractivity contribution >= 4 is 40.5 Å². The molecule has 176 valence electrons. The molecule has 4 aromatic rings. The average Bonchev–Trinajstić information content (AvgIpc) is 2.89. The van der Waals surface area contributed by atoms with Gasteiger partial charge in [-0.25, -0.2) is 0 Å². The lowest BCUT2D eigenvalue weighted by Crippen LogP contribution is -2.44. The Bertz CT molecular complexity index is 1430. The van der Waals surface area contributed by atoms with E-state index in [1.54, 1.807) is 24.7 Å². The molecule has 2 aromatic heterocycles. The van der Waals surface area contributed by atoms with Gasteiger partial charge in [-0.1, -0.05) is 18.2 Å². The number of fused-ring (bicyclic) bond motifs is 1. The molecule has 7 nitrogen and oxygen atoms in total. The van der Waals surface area contributed by atoms with Crippen molar-refractivity contribution in [3.8, 4) is 5.88 Å². The highest BCUT2D eigenvalue weighted by Crippen LogP contribution is 2.25. The molecule has 0 spiro atoms. The monoisotopic (exact) mass is 465 g/mol. The number of benzene rings is 2. The smallest absolute Gasteiger partial charge is 0.258 e. The molecule has 0 aliphatic carbocycles. The number of aromatic amines is 1. The normalized spacial score (nSPS) is 14.9. The molecule has 35 heavy (non-hydrogen) atoms. The summed E-state index contributed by atoms with van der Waals surface area (Å²) in [5.41, 5.74) is 4.02. The molecule has 0 radical (unpaired) electrons. The maximum Gasteiger partial charge on any atom is 0.258 e. The second kappa shape index (κ2) is 9.95. The van der Waals surface area contributed by atoms with Gasteiger partial charge in [-0.15, -0.1) is 0 Å². The van der Waals surface area contributed by atoms with Gasteiger partial charge >= 0.3 is 0 Å². The van der Waals surface area contributed by atoms with E-state index in [1.807, 2.05) is 48.6 Å². The molecule has 2 N–H and O–H groups in total. The number of H-pyrrole nitrogens is 1. The van der Waals surface area contributed by atoms with Gasteiger partial charge in [-0.05, 0) is 66.7 Å². The lowest BCUT2D eigenvalue weighted by Gasteiger charge is -2.34. The van der Waals surface area contributed by atoms with Crippen LogP contribution in [-0.2, 0) is 0 Å². The van der Waals surface area contributed by atoms with Crippen LogP contribution in [0.2, 0.25) is 0 Å². The van der Waals surface area contributed by atoms with Crippen molar-refractivity contribution in [1.29, 1.82) is 0 Å². The Balaban J connectivity index is 1.43. The quantitative estimate of drug-likeness (QED) is 0.429. The molecule has 0 amide bonds. The molecule has 0 bridgehead atoms. The molecule has 0 atom stereocenters. The molecule has 7 heteroatoms. The van der Waals surface area contributed by atoms with Crippen LogP contribution in [0.4, 0.5) is 11.4 Å². The third-order valence-corrected chi connectivity index (χ3v) is 6.30. The molecular weight excluding hydrogens is 438 g/mol. The second-order valence-corrected chi connectivity index (χ2v) is 8.70. The first-order valence-electron chi connectivity index (χ1n) is 11.6. The maximum absolute atomic E-state index is 12.4. The fourth-order valence-electron chi connectivity index (χ4n) is 4.21. The van der Waals surface area contributed by atoms with Gasteiger partial charge < -0.3 is 14.9 Å². The van der Waals surface area contributed by atoms with Crippen molar-refractivity contribution in [3.63, 3.8) is 0 Å². The number of hydrogen-bond acceptors (Lipinski definition) is 6. The summed E-state index contributed by atoms with van der Waals surface area (Å²) >= 11 is 0. The van der Waals surface area contributed by atoms with Crippen LogP contribution in [-0.4, -0.2) is 59.4 Å². The Hall–Kier alpha value is -4.23. The number of likely N-dealkylation sites (N-methyl/N-ethyl adjacent to an activating group) is 1. The van der Waals surface area contributed by atoms with E-state index in [2.05, 4.69) is 43.9 Å². The second-order valence-electron chi connectivity index (χ2n) is 8.70. The predicted octanol–water partition coefficient (Wildman–Crippen LogP) is 4.30. The lowest BCUT2D eigenvalue weighted by molar-refractivity contribution is 0.313. The minimum Gasteiger partial charge on any atom is -0.494 e. The van der Waals surface area contributed by atoms with Crippen LogP contribution in [0.1, 0.15) is 16.7 Å². The van der Waals surface area contributed by atoms with Crippen molar-refractivity contribution < 1.29 is 5.11 Å². The SMILES string of the molecule is CN1CCN(c2ccc(N=Cc3c(O)[nH]c(=O)c4ccc(C=Cc5ccncc5)cc34)cc2)CC1. The van der Waals surface area contributed by atoms with Gasteiger partial charge in [0, 0.05) is 61.2 Å². The highest BCUT2D eigenvalue weighted by Gasteiger charge is 2.14. The fourth-order valence-corrected chi connectivity index (χ4v) is 4.21. The summed E-state index contributed by atoms with van der Waals surface area (Å²) in [6.45, 7) is 4.12. The number of nitrogens with zero attached hydrogens (tertiary/aromatic N) is 4. The van der Waals surface area contributed by atoms with Crippen molar-refractivity contribution in [2.75, 3.05) is 38.1 Å². The van der Waals surface area contributed by atoms with Gasteiger partial charge in [-0.3, -0.25) is 19.8 Å². The van der Waals surface area contributed by atoms with E-state index < -0.39 is 0 Å². The standard InChI is InChI=1S/C28H27N5O2/c1-32-14-16-33(17-15-32)23-7-5-22(6-8-23)30-19-26-25-18-21(3-2-20-10-12-29-13-11-20)4-9-24(25)27(34)31-28(26)35/h2-13,18-19H,14-17H2,1H3,(H2,31,34,35). The van der Waals surface area contributed by atoms with Crippen molar-refractivity contribution in [2.45, 2.75) is 0 Å². The minimum atomic E-state index is -0.337. The van der Waals surface area contributed by atoms with E-state index in [9.17, 15) is 9.90 Å². The van der Waals surface area contributed by atoms with Gasteiger partial charge in [0.2, 0.25) is 5.88 Å². The highest BCUT2D eigenvalue weighted by molar-refractivity contribution is 6.02. The highest BCUT2D eigenvalue weighted by atomic mass is 16.3. The Morgan fingerprint density at radius 1 is 0.914 bits per heavy atom. The largest absolute Gasteiger partial charge is 0.494 e. The Morgan fingerprint density at radius 2 is 1.63 bits per heavy atom. The first kappa shape index (κ1) is 22.6. The summed E-state index contributed by atoms with van der Waals surface area (Å²) in [6.07, 6.45) is 9.03. The first-order chi connectivity index (χ1) is 17.1. The molecule has 0 saturated carbocycles. The first-order valence-corrected chi connectivity index (χ1v) is 11.6. The van der Waals surface area contributed by atoms with Crippen LogP contribution in [0, 0.1) is 0 Å². The minimum absolute atomic E-state index is 0.199. The van der Waals surface area contributed by atoms with Crippen molar-refractivity contribution in [1.82, 2.24) is 14.9 Å². The van der Waals surface area contributed by atoms with Gasteiger partial charge in [0.25, 0.3) is 5.56 Å². The third kappa shape index (κ3) is 5.15. The molecule has 2 aromatic carbocycles. The van der Waals surface area contributed by atoms with Gasteiger partial charge in [0.05, 0.1) is 11.3 Å². The van der Waals surface area contributed by atoms with Gasteiger partial charge in [0.1, 0.15) is 0 Å². The maximum atomic E-state index is 12.4. The molecule has 1 aliphatic rings. The van der Waals surface area contributed by atoms with E-state index in [0.717, 1.165) is 43.0 Å². The zero-order valence-electron chi connectivity index (χ0n) is 19.6. The Labute approximate surface area is 203 Å². The summed E-state index contributed by atoms with van der Waals surface area (Å²) in [5, 5.41) is 11.7. The Morgan fingerprint density at radius 3 is 2.37 bits per heavy atom.